The highest BCUT2D eigenvalue weighted by molar-refractivity contribution is 5.28. The molecule has 0 N–H and O–H groups in total. The molecule has 6 nitrogen and oxygen atoms in total. The van der Waals surface area contributed by atoms with Crippen molar-refractivity contribution in [2.45, 2.75) is 70.1 Å². The topological polar surface area (TPSA) is 76.9 Å². The smallest absolute Gasteiger partial charge is 0.209 e. The van der Waals surface area contributed by atoms with Crippen LogP contribution in [0.1, 0.15) is 47.0 Å². The van der Waals surface area contributed by atoms with E-state index < -0.39 is 11.1 Å². The molecule has 6 rings (SSSR count). The van der Waals surface area contributed by atoms with Crippen LogP contribution < -0.4 is 0 Å². The van der Waals surface area contributed by atoms with Crippen LogP contribution in [0.15, 0.2) is 10.2 Å². The van der Waals surface area contributed by atoms with Crippen LogP contribution in [0, 0.1) is 39.5 Å². The number of azo groups is 2. The van der Waals surface area contributed by atoms with E-state index in [4.69, 9.17) is 0 Å². The Morgan fingerprint density at radius 2 is 1.68 bits per heavy atom. The van der Waals surface area contributed by atoms with Crippen molar-refractivity contribution in [1.29, 1.82) is 0 Å². The highest BCUT2D eigenvalue weighted by atomic mass is 16.5. The fourth-order valence-electron chi connectivity index (χ4n) is 7.05. The molecule has 22 heavy (non-hydrogen) atoms. The minimum atomic E-state index is -0.548. The molecule has 8 atom stereocenters. The van der Waals surface area contributed by atoms with Gasteiger partial charge in [-0.1, -0.05) is 30.0 Å². The molecule has 0 amide bonds. The third-order valence-electron chi connectivity index (χ3n) is 8.65. The lowest BCUT2D eigenvalue weighted by Gasteiger charge is -2.50. The Hall–Kier alpha value is -1.20. The van der Waals surface area contributed by atoms with Crippen LogP contribution in [0.4, 0.5) is 0 Å². The normalized spacial score (nSPS) is 60.0. The minimum absolute atomic E-state index is 0.0121. The number of hydrogen-bond donors (Lipinski definition) is 0. The van der Waals surface area contributed by atoms with Gasteiger partial charge in [0.2, 0.25) is 5.54 Å². The molecule has 3 aliphatic heterocycles. The number of hydroxylamine groups is 2. The summed E-state index contributed by atoms with van der Waals surface area (Å²) in [6, 6.07) is -0.0656. The predicted molar refractivity (Wildman–Crippen MR) is 78.1 cm³/mol. The van der Waals surface area contributed by atoms with Gasteiger partial charge in [0.25, 0.3) is 0 Å². The summed E-state index contributed by atoms with van der Waals surface area (Å²) in [5.41, 5.74) is -1.25. The average molecular weight is 304 g/mol. The number of rotatable bonds is 0. The largest absolute Gasteiger partial charge is 0.600 e. The van der Waals surface area contributed by atoms with E-state index in [1.54, 1.807) is 0 Å². The molecule has 3 saturated carbocycles. The number of nitrogens with zero attached hydrogens (tertiary/aromatic N) is 4. The standard InChI is InChI=1S/C16H24N4O2/c1-14(2)15(3)11-10(16(14,4)20(22)18-15)12-8-6-5-7-9(8)13(11)19(21)17-12/h8-13H,5-7H2,1-4H3/t8?,9-,10-,11?,12+,13?,15?,16+/m1/s1. The Kier molecular flexibility index (Phi) is 2.01. The molecule has 0 aromatic heterocycles. The highest BCUT2D eigenvalue weighted by Crippen LogP contribution is 2.72. The maximum absolute atomic E-state index is 12.7. The third kappa shape index (κ3) is 0.984. The Morgan fingerprint density at radius 1 is 1.00 bits per heavy atom. The summed E-state index contributed by atoms with van der Waals surface area (Å²) in [5, 5.41) is 34.3. The minimum Gasteiger partial charge on any atom is -0.600 e. The molecule has 3 fully saturated rings. The van der Waals surface area contributed by atoms with Gasteiger partial charge in [0.15, 0.2) is 6.04 Å². The molecule has 0 saturated heterocycles. The Bertz CT molecular complexity index is 644. The van der Waals surface area contributed by atoms with Gasteiger partial charge in [0.05, 0.1) is 17.3 Å². The first-order valence-corrected chi connectivity index (χ1v) is 8.62. The van der Waals surface area contributed by atoms with Crippen molar-refractivity contribution in [2.24, 2.45) is 39.3 Å². The fourth-order valence-corrected chi connectivity index (χ4v) is 7.05. The first-order chi connectivity index (χ1) is 10.2. The monoisotopic (exact) mass is 304 g/mol. The van der Waals surface area contributed by atoms with Crippen LogP contribution in [0.2, 0.25) is 0 Å². The van der Waals surface area contributed by atoms with E-state index in [1.807, 2.05) is 0 Å². The molecule has 4 unspecified atom stereocenters. The lowest BCUT2D eigenvalue weighted by molar-refractivity contribution is -0.655. The van der Waals surface area contributed by atoms with Crippen LogP contribution in [-0.4, -0.2) is 32.9 Å². The lowest BCUT2D eigenvalue weighted by Crippen LogP contribution is -2.65. The van der Waals surface area contributed by atoms with Gasteiger partial charge < -0.3 is 10.4 Å². The van der Waals surface area contributed by atoms with Crippen molar-refractivity contribution < 1.29 is 9.72 Å². The zero-order chi connectivity index (χ0) is 15.7. The zero-order valence-corrected chi connectivity index (χ0v) is 13.7. The van der Waals surface area contributed by atoms with Crippen molar-refractivity contribution in [3.63, 3.8) is 0 Å². The molecular formula is C16H24N4O2. The predicted octanol–water partition coefficient (Wildman–Crippen LogP) is 2.90. The van der Waals surface area contributed by atoms with Crippen molar-refractivity contribution in [2.75, 3.05) is 0 Å². The molecule has 3 aliphatic carbocycles. The van der Waals surface area contributed by atoms with Gasteiger partial charge in [-0.05, 0) is 35.9 Å². The maximum Gasteiger partial charge on any atom is 0.209 e. The summed E-state index contributed by atoms with van der Waals surface area (Å²) in [4.78, 5) is 1.98. The van der Waals surface area contributed by atoms with E-state index in [9.17, 15) is 10.4 Å². The molecule has 0 radical (unpaired) electrons. The van der Waals surface area contributed by atoms with Gasteiger partial charge in [-0.3, -0.25) is 0 Å². The van der Waals surface area contributed by atoms with E-state index in [0.717, 1.165) is 22.6 Å². The Morgan fingerprint density at radius 3 is 2.41 bits per heavy atom. The first-order valence-electron chi connectivity index (χ1n) is 8.62. The number of fused-ring (bicyclic) bond motifs is 2. The van der Waals surface area contributed by atoms with Crippen molar-refractivity contribution >= 4 is 0 Å². The maximum atomic E-state index is 12.7. The van der Waals surface area contributed by atoms with Crippen LogP contribution >= 0.6 is 0 Å². The summed E-state index contributed by atoms with van der Waals surface area (Å²) in [6.07, 6.45) is 3.49. The molecular weight excluding hydrogens is 280 g/mol. The highest BCUT2D eigenvalue weighted by Gasteiger charge is 2.87. The van der Waals surface area contributed by atoms with Crippen molar-refractivity contribution in [3.8, 4) is 0 Å². The average Bonchev–Trinajstić information content (AvgIpc) is 3.01. The van der Waals surface area contributed by atoms with Gasteiger partial charge in [0, 0.05) is 12.8 Å². The quantitative estimate of drug-likeness (QED) is 0.509. The van der Waals surface area contributed by atoms with Gasteiger partial charge in [-0.15, -0.1) is 0 Å². The van der Waals surface area contributed by atoms with E-state index in [2.05, 4.69) is 37.9 Å². The second-order valence-corrected chi connectivity index (χ2v) is 9.00. The van der Waals surface area contributed by atoms with Crippen molar-refractivity contribution in [3.05, 3.63) is 10.4 Å². The summed E-state index contributed by atoms with van der Waals surface area (Å²) < 4.78 is 0. The van der Waals surface area contributed by atoms with Crippen molar-refractivity contribution in [1.82, 2.24) is 0 Å². The van der Waals surface area contributed by atoms with Gasteiger partial charge >= 0.3 is 0 Å². The second-order valence-electron chi connectivity index (χ2n) is 9.00. The van der Waals surface area contributed by atoms with E-state index in [1.165, 1.54) is 6.42 Å². The summed E-state index contributed by atoms with van der Waals surface area (Å²) in [5.74, 6) is 1.28. The summed E-state index contributed by atoms with van der Waals surface area (Å²) in [6.45, 7) is 8.50. The molecule has 0 aromatic rings. The van der Waals surface area contributed by atoms with E-state index in [0.29, 0.717) is 11.8 Å². The zero-order valence-electron chi connectivity index (χ0n) is 13.7. The lowest BCUT2D eigenvalue weighted by atomic mass is 9.58. The molecule has 0 aromatic carbocycles. The SMILES string of the molecule is CC12N=[N+]([O-])[C@@](C)([C@@H]3C1C1[C@@H]4CCCC4[C@@H]3N=[N+]1[O-])C2(C)C. The van der Waals surface area contributed by atoms with Crippen LogP contribution in [-0.2, 0) is 0 Å². The number of hydrogen-bond acceptors (Lipinski definition) is 4. The van der Waals surface area contributed by atoms with Gasteiger partial charge in [-0.25, -0.2) is 0 Å². The van der Waals surface area contributed by atoms with Gasteiger partial charge in [0.1, 0.15) is 11.6 Å². The third-order valence-corrected chi connectivity index (χ3v) is 8.65. The van der Waals surface area contributed by atoms with Gasteiger partial charge in [-0.2, -0.15) is 0 Å². The van der Waals surface area contributed by atoms with Crippen LogP contribution in [0.5, 0.6) is 0 Å². The Labute approximate surface area is 130 Å². The fraction of sp³-hybridized carbons (Fsp3) is 1.00. The molecule has 6 heteroatoms. The molecule has 6 aliphatic rings. The summed E-state index contributed by atoms with van der Waals surface area (Å²) in [7, 11) is 0. The summed E-state index contributed by atoms with van der Waals surface area (Å²) >= 11 is 0. The second kappa shape index (κ2) is 3.34. The molecule has 120 valence electrons. The Balaban J connectivity index is 1.77. The molecule has 4 bridgehead atoms. The molecule has 0 spiro atoms. The first kappa shape index (κ1) is 13.3. The van der Waals surface area contributed by atoms with E-state index in [-0.39, 0.29) is 29.3 Å². The van der Waals surface area contributed by atoms with Crippen LogP contribution in [0.3, 0.4) is 0 Å². The molecule has 3 heterocycles. The van der Waals surface area contributed by atoms with E-state index >= 15 is 0 Å². The van der Waals surface area contributed by atoms with Crippen LogP contribution in [0.25, 0.3) is 0 Å².